The SMILES string of the molecule is COc1ccccc1CCNC(=O)CC(=O)Nc1ccc(C)cc1C. The zero-order valence-corrected chi connectivity index (χ0v) is 14.9. The van der Waals surface area contributed by atoms with Crippen LogP contribution in [0.15, 0.2) is 42.5 Å². The van der Waals surface area contributed by atoms with E-state index < -0.39 is 0 Å². The molecule has 132 valence electrons. The van der Waals surface area contributed by atoms with Crippen molar-refractivity contribution >= 4 is 17.5 Å². The summed E-state index contributed by atoms with van der Waals surface area (Å²) in [5, 5.41) is 5.54. The molecule has 5 heteroatoms. The standard InChI is InChI=1S/C20H24N2O3/c1-14-8-9-17(15(2)12-14)22-20(24)13-19(23)21-11-10-16-6-4-5-7-18(16)25-3/h4-9,12H,10-11,13H2,1-3H3,(H,21,23)(H,22,24). The van der Waals surface area contributed by atoms with Crippen molar-refractivity contribution in [2.24, 2.45) is 0 Å². The Balaban J connectivity index is 1.78. The van der Waals surface area contributed by atoms with Crippen LogP contribution in [-0.4, -0.2) is 25.5 Å². The Labute approximate surface area is 148 Å². The number of ether oxygens (including phenoxy) is 1. The van der Waals surface area contributed by atoms with Crippen molar-refractivity contribution in [2.45, 2.75) is 26.7 Å². The third-order valence-corrected chi connectivity index (χ3v) is 3.89. The Morgan fingerprint density at radius 3 is 2.52 bits per heavy atom. The van der Waals surface area contributed by atoms with E-state index in [0.717, 1.165) is 28.1 Å². The van der Waals surface area contributed by atoms with Crippen LogP contribution >= 0.6 is 0 Å². The molecule has 0 saturated carbocycles. The summed E-state index contributed by atoms with van der Waals surface area (Å²) >= 11 is 0. The first-order chi connectivity index (χ1) is 12.0. The minimum absolute atomic E-state index is 0.195. The van der Waals surface area contributed by atoms with Crippen molar-refractivity contribution in [3.63, 3.8) is 0 Å². The number of carbonyl (C=O) groups is 2. The lowest BCUT2D eigenvalue weighted by atomic mass is 10.1. The van der Waals surface area contributed by atoms with E-state index >= 15 is 0 Å². The van der Waals surface area contributed by atoms with Gasteiger partial charge in [-0.05, 0) is 43.5 Å². The normalized spacial score (nSPS) is 10.2. The molecule has 2 amide bonds. The summed E-state index contributed by atoms with van der Waals surface area (Å²) in [5.41, 5.74) is 3.86. The molecule has 0 saturated heterocycles. The maximum absolute atomic E-state index is 12.0. The zero-order valence-electron chi connectivity index (χ0n) is 14.9. The van der Waals surface area contributed by atoms with Crippen LogP contribution in [0.2, 0.25) is 0 Å². The lowest BCUT2D eigenvalue weighted by Gasteiger charge is -2.10. The van der Waals surface area contributed by atoms with Gasteiger partial charge in [-0.15, -0.1) is 0 Å². The van der Waals surface area contributed by atoms with E-state index in [1.807, 2.05) is 56.3 Å². The van der Waals surface area contributed by atoms with E-state index in [-0.39, 0.29) is 18.2 Å². The molecular formula is C20H24N2O3. The molecule has 2 N–H and O–H groups in total. The van der Waals surface area contributed by atoms with Gasteiger partial charge in [0.15, 0.2) is 0 Å². The van der Waals surface area contributed by atoms with Gasteiger partial charge in [-0.25, -0.2) is 0 Å². The van der Waals surface area contributed by atoms with E-state index in [9.17, 15) is 9.59 Å². The minimum atomic E-state index is -0.318. The maximum atomic E-state index is 12.0. The molecule has 2 aromatic rings. The van der Waals surface area contributed by atoms with Gasteiger partial charge >= 0.3 is 0 Å². The Morgan fingerprint density at radius 2 is 1.80 bits per heavy atom. The first-order valence-electron chi connectivity index (χ1n) is 8.25. The highest BCUT2D eigenvalue weighted by atomic mass is 16.5. The monoisotopic (exact) mass is 340 g/mol. The number of methoxy groups -OCH3 is 1. The number of hydrogen-bond donors (Lipinski definition) is 2. The Hall–Kier alpha value is -2.82. The van der Waals surface area contributed by atoms with Crippen molar-refractivity contribution in [3.8, 4) is 5.75 Å². The topological polar surface area (TPSA) is 67.4 Å². The van der Waals surface area contributed by atoms with Crippen LogP contribution in [0, 0.1) is 13.8 Å². The van der Waals surface area contributed by atoms with Crippen molar-refractivity contribution in [1.82, 2.24) is 5.32 Å². The molecule has 0 aliphatic carbocycles. The summed E-state index contributed by atoms with van der Waals surface area (Å²) in [4.78, 5) is 23.9. The summed E-state index contributed by atoms with van der Waals surface area (Å²) in [6.07, 6.45) is 0.452. The number of aryl methyl sites for hydroxylation is 2. The van der Waals surface area contributed by atoms with Gasteiger partial charge < -0.3 is 15.4 Å². The predicted molar refractivity (Wildman–Crippen MR) is 98.9 cm³/mol. The van der Waals surface area contributed by atoms with Crippen LogP contribution in [-0.2, 0) is 16.0 Å². The lowest BCUT2D eigenvalue weighted by molar-refractivity contribution is -0.126. The van der Waals surface area contributed by atoms with E-state index in [2.05, 4.69) is 10.6 Å². The molecule has 25 heavy (non-hydrogen) atoms. The highest BCUT2D eigenvalue weighted by Crippen LogP contribution is 2.17. The van der Waals surface area contributed by atoms with Crippen LogP contribution in [0.5, 0.6) is 5.75 Å². The molecule has 0 unspecified atom stereocenters. The van der Waals surface area contributed by atoms with Gasteiger partial charge in [-0.1, -0.05) is 35.9 Å². The summed E-state index contributed by atoms with van der Waals surface area (Å²) in [7, 11) is 1.62. The van der Waals surface area contributed by atoms with Gasteiger partial charge in [0.1, 0.15) is 12.2 Å². The van der Waals surface area contributed by atoms with Gasteiger partial charge in [0, 0.05) is 12.2 Å². The smallest absolute Gasteiger partial charge is 0.233 e. The molecule has 0 aromatic heterocycles. The van der Waals surface area contributed by atoms with E-state index in [0.29, 0.717) is 13.0 Å². The number of para-hydroxylation sites is 1. The van der Waals surface area contributed by atoms with E-state index in [1.165, 1.54) is 0 Å². The molecule has 0 bridgehead atoms. The highest BCUT2D eigenvalue weighted by molar-refractivity contribution is 6.03. The number of hydrogen-bond acceptors (Lipinski definition) is 3. The fourth-order valence-electron chi connectivity index (χ4n) is 2.60. The second-order valence-electron chi connectivity index (χ2n) is 5.96. The number of nitrogens with one attached hydrogen (secondary N) is 2. The Kier molecular flexibility index (Phi) is 6.57. The second-order valence-corrected chi connectivity index (χ2v) is 5.96. The predicted octanol–water partition coefficient (Wildman–Crippen LogP) is 3.00. The molecular weight excluding hydrogens is 316 g/mol. The number of anilines is 1. The zero-order chi connectivity index (χ0) is 18.2. The average molecular weight is 340 g/mol. The van der Waals surface area contributed by atoms with E-state index in [1.54, 1.807) is 7.11 Å². The molecule has 2 rings (SSSR count). The fraction of sp³-hybridized carbons (Fsp3) is 0.300. The molecule has 0 fully saturated rings. The summed E-state index contributed by atoms with van der Waals surface area (Å²) < 4.78 is 5.28. The van der Waals surface area contributed by atoms with Gasteiger partial charge in [0.2, 0.25) is 11.8 Å². The van der Waals surface area contributed by atoms with Gasteiger partial charge in [0.05, 0.1) is 7.11 Å². The summed E-state index contributed by atoms with van der Waals surface area (Å²) in [6.45, 7) is 4.37. The Morgan fingerprint density at radius 1 is 1.04 bits per heavy atom. The molecule has 0 spiro atoms. The Bertz CT molecular complexity index is 756. The van der Waals surface area contributed by atoms with Crippen LogP contribution in [0.3, 0.4) is 0 Å². The van der Waals surface area contributed by atoms with Gasteiger partial charge in [-0.2, -0.15) is 0 Å². The van der Waals surface area contributed by atoms with Crippen molar-refractivity contribution in [2.75, 3.05) is 19.0 Å². The van der Waals surface area contributed by atoms with Crippen LogP contribution in [0.4, 0.5) is 5.69 Å². The average Bonchev–Trinajstić information content (AvgIpc) is 2.58. The summed E-state index contributed by atoms with van der Waals surface area (Å²) in [5.74, 6) is 0.184. The highest BCUT2D eigenvalue weighted by Gasteiger charge is 2.11. The molecule has 0 heterocycles. The van der Waals surface area contributed by atoms with Crippen LogP contribution in [0.1, 0.15) is 23.1 Å². The molecule has 0 aliphatic rings. The third-order valence-electron chi connectivity index (χ3n) is 3.89. The first-order valence-corrected chi connectivity index (χ1v) is 8.25. The van der Waals surface area contributed by atoms with Crippen LogP contribution < -0.4 is 15.4 Å². The number of benzene rings is 2. The molecule has 0 aliphatic heterocycles. The van der Waals surface area contributed by atoms with Crippen molar-refractivity contribution in [3.05, 3.63) is 59.2 Å². The third kappa shape index (κ3) is 5.64. The fourth-order valence-corrected chi connectivity index (χ4v) is 2.60. The number of rotatable bonds is 7. The van der Waals surface area contributed by atoms with Crippen LogP contribution in [0.25, 0.3) is 0 Å². The number of amides is 2. The van der Waals surface area contributed by atoms with Gasteiger partial charge in [0.25, 0.3) is 0 Å². The largest absolute Gasteiger partial charge is 0.496 e. The van der Waals surface area contributed by atoms with E-state index in [4.69, 9.17) is 4.74 Å². The number of carbonyl (C=O) groups excluding carboxylic acids is 2. The molecule has 0 radical (unpaired) electrons. The second kappa shape index (κ2) is 8.87. The van der Waals surface area contributed by atoms with Crippen molar-refractivity contribution in [1.29, 1.82) is 0 Å². The quantitative estimate of drug-likeness (QED) is 0.762. The molecule has 2 aromatic carbocycles. The lowest BCUT2D eigenvalue weighted by Crippen LogP contribution is -2.29. The van der Waals surface area contributed by atoms with Gasteiger partial charge in [-0.3, -0.25) is 9.59 Å². The molecule has 5 nitrogen and oxygen atoms in total. The molecule has 0 atom stereocenters. The minimum Gasteiger partial charge on any atom is -0.496 e. The first kappa shape index (κ1) is 18.5. The maximum Gasteiger partial charge on any atom is 0.233 e. The van der Waals surface area contributed by atoms with Crippen molar-refractivity contribution < 1.29 is 14.3 Å². The summed E-state index contributed by atoms with van der Waals surface area (Å²) in [6, 6.07) is 13.4.